The Morgan fingerprint density at radius 1 is 1.45 bits per heavy atom. The average molecular weight is 275 g/mol. The van der Waals surface area contributed by atoms with E-state index in [4.69, 9.17) is 0 Å². The number of aliphatic hydroxyl groups is 1. The summed E-state index contributed by atoms with van der Waals surface area (Å²) in [5, 5.41) is 14.1. The van der Waals surface area contributed by atoms with Crippen LogP contribution < -0.4 is 0 Å². The van der Waals surface area contributed by atoms with E-state index in [2.05, 4.69) is 10.00 Å². The second-order valence-corrected chi connectivity index (χ2v) is 5.41. The van der Waals surface area contributed by atoms with E-state index >= 15 is 0 Å². The lowest BCUT2D eigenvalue weighted by molar-refractivity contribution is 0.172. The van der Waals surface area contributed by atoms with E-state index in [-0.39, 0.29) is 18.0 Å². The third-order valence-electron chi connectivity index (χ3n) is 3.76. The van der Waals surface area contributed by atoms with Crippen LogP contribution in [0.4, 0.5) is 4.39 Å². The highest BCUT2D eigenvalue weighted by Gasteiger charge is 2.32. The van der Waals surface area contributed by atoms with Crippen LogP contribution in [0.2, 0.25) is 0 Å². The molecule has 1 aromatic carbocycles. The number of β-amino-alcohol motifs (C(OH)–C–C–N with tert-alkyl or cyclic N) is 1. The Bertz CT molecular complexity index is 598. The molecule has 2 heterocycles. The first-order valence-corrected chi connectivity index (χ1v) is 6.77. The number of rotatable bonds is 3. The molecule has 2 aromatic rings. The van der Waals surface area contributed by atoms with Crippen LogP contribution >= 0.6 is 0 Å². The molecule has 0 aliphatic carbocycles. The van der Waals surface area contributed by atoms with Gasteiger partial charge in [-0.1, -0.05) is 12.1 Å². The van der Waals surface area contributed by atoms with Gasteiger partial charge in [-0.25, -0.2) is 4.39 Å². The highest BCUT2D eigenvalue weighted by Crippen LogP contribution is 2.33. The lowest BCUT2D eigenvalue weighted by Crippen LogP contribution is -2.24. The number of likely N-dealkylation sites (tertiary alicyclic amines) is 1. The fraction of sp³-hybridized carbons (Fsp3) is 0.400. The molecular formula is C15H18FN3O. The number of halogens is 1. The number of hydrogen-bond acceptors (Lipinski definition) is 3. The first-order chi connectivity index (χ1) is 9.61. The van der Waals surface area contributed by atoms with E-state index in [1.807, 2.05) is 25.5 Å². The Kier molecular flexibility index (Phi) is 3.54. The average Bonchev–Trinajstić information content (AvgIpc) is 2.96. The molecule has 1 aliphatic rings. The van der Waals surface area contributed by atoms with E-state index < -0.39 is 0 Å². The third-order valence-corrected chi connectivity index (χ3v) is 3.76. The predicted octanol–water partition coefficient (Wildman–Crippen LogP) is 1.87. The van der Waals surface area contributed by atoms with E-state index in [1.54, 1.807) is 16.8 Å². The zero-order valence-electron chi connectivity index (χ0n) is 11.4. The molecule has 1 fully saturated rings. The predicted molar refractivity (Wildman–Crippen MR) is 73.4 cm³/mol. The molecule has 106 valence electrons. The summed E-state index contributed by atoms with van der Waals surface area (Å²) in [5.74, 6) is -0.231. The van der Waals surface area contributed by atoms with Gasteiger partial charge in [0.1, 0.15) is 5.82 Å². The Morgan fingerprint density at radius 2 is 2.30 bits per heavy atom. The molecule has 0 radical (unpaired) electrons. The molecule has 1 aliphatic heterocycles. The van der Waals surface area contributed by atoms with Gasteiger partial charge in [-0.3, -0.25) is 9.58 Å². The maximum absolute atomic E-state index is 13.4. The first kappa shape index (κ1) is 13.3. The standard InChI is InChI=1S/C15H18FN3O/c1-18-8-11(7-17-18)9-19-10-14(20)6-15(19)12-3-2-4-13(16)5-12/h2-5,7-8,14-15,20H,6,9-10H2,1H3/t14-,15-/m0/s1. The van der Waals surface area contributed by atoms with Gasteiger partial charge in [0.2, 0.25) is 0 Å². The van der Waals surface area contributed by atoms with Gasteiger partial charge < -0.3 is 5.11 Å². The number of aromatic nitrogens is 2. The van der Waals surface area contributed by atoms with Crippen LogP contribution in [0.15, 0.2) is 36.7 Å². The van der Waals surface area contributed by atoms with Gasteiger partial charge in [-0.15, -0.1) is 0 Å². The number of hydrogen-bond donors (Lipinski definition) is 1. The van der Waals surface area contributed by atoms with Crippen molar-refractivity contribution in [1.29, 1.82) is 0 Å². The van der Waals surface area contributed by atoms with Crippen LogP contribution in [0.3, 0.4) is 0 Å². The highest BCUT2D eigenvalue weighted by molar-refractivity contribution is 5.22. The van der Waals surface area contributed by atoms with Crippen molar-refractivity contribution in [2.45, 2.75) is 25.1 Å². The van der Waals surface area contributed by atoms with Gasteiger partial charge in [-0.2, -0.15) is 5.10 Å². The summed E-state index contributed by atoms with van der Waals surface area (Å²) in [4.78, 5) is 2.18. The minimum absolute atomic E-state index is 0.0564. The molecule has 0 amide bonds. The van der Waals surface area contributed by atoms with Crippen molar-refractivity contribution >= 4 is 0 Å². The van der Waals surface area contributed by atoms with Crippen molar-refractivity contribution in [2.75, 3.05) is 6.54 Å². The minimum atomic E-state index is -0.361. The first-order valence-electron chi connectivity index (χ1n) is 6.77. The molecule has 0 saturated carbocycles. The number of nitrogens with zero attached hydrogens (tertiary/aromatic N) is 3. The topological polar surface area (TPSA) is 41.3 Å². The van der Waals surface area contributed by atoms with Crippen molar-refractivity contribution in [3.8, 4) is 0 Å². The highest BCUT2D eigenvalue weighted by atomic mass is 19.1. The summed E-state index contributed by atoms with van der Waals surface area (Å²) in [6, 6.07) is 6.69. The molecule has 0 unspecified atom stereocenters. The minimum Gasteiger partial charge on any atom is -0.392 e. The fourth-order valence-corrected chi connectivity index (χ4v) is 2.90. The van der Waals surface area contributed by atoms with Crippen molar-refractivity contribution in [3.05, 3.63) is 53.6 Å². The van der Waals surface area contributed by atoms with Crippen LogP contribution in [0.25, 0.3) is 0 Å². The second-order valence-electron chi connectivity index (χ2n) is 5.41. The Labute approximate surface area is 117 Å². The smallest absolute Gasteiger partial charge is 0.123 e. The van der Waals surface area contributed by atoms with Gasteiger partial charge in [0, 0.05) is 37.9 Å². The maximum Gasteiger partial charge on any atom is 0.123 e. The monoisotopic (exact) mass is 275 g/mol. The lowest BCUT2D eigenvalue weighted by Gasteiger charge is -2.23. The van der Waals surface area contributed by atoms with E-state index in [0.29, 0.717) is 19.5 Å². The molecule has 0 spiro atoms. The van der Waals surface area contributed by atoms with Crippen LogP contribution in [-0.2, 0) is 13.6 Å². The summed E-state index contributed by atoms with van der Waals surface area (Å²) in [5.41, 5.74) is 2.02. The van der Waals surface area contributed by atoms with Crippen LogP contribution in [0.1, 0.15) is 23.6 Å². The van der Waals surface area contributed by atoms with E-state index in [0.717, 1.165) is 11.1 Å². The molecule has 0 bridgehead atoms. The number of aliphatic hydroxyl groups excluding tert-OH is 1. The summed E-state index contributed by atoms with van der Waals surface area (Å²) in [7, 11) is 1.88. The number of benzene rings is 1. The molecule has 3 rings (SSSR count). The molecule has 1 N–H and O–H groups in total. The van der Waals surface area contributed by atoms with Gasteiger partial charge >= 0.3 is 0 Å². The summed E-state index contributed by atoms with van der Waals surface area (Å²) in [6.07, 6.45) is 4.07. The maximum atomic E-state index is 13.4. The Balaban J connectivity index is 1.81. The van der Waals surface area contributed by atoms with Crippen LogP contribution in [0.5, 0.6) is 0 Å². The van der Waals surface area contributed by atoms with Crippen molar-refractivity contribution in [1.82, 2.24) is 14.7 Å². The molecule has 2 atom stereocenters. The quantitative estimate of drug-likeness (QED) is 0.929. The molecular weight excluding hydrogens is 257 g/mol. The van der Waals surface area contributed by atoms with Gasteiger partial charge in [0.15, 0.2) is 0 Å². The van der Waals surface area contributed by atoms with Gasteiger partial charge in [-0.05, 0) is 24.1 Å². The summed E-state index contributed by atoms with van der Waals surface area (Å²) in [6.45, 7) is 1.32. The van der Waals surface area contributed by atoms with E-state index in [1.165, 1.54) is 6.07 Å². The fourth-order valence-electron chi connectivity index (χ4n) is 2.90. The van der Waals surface area contributed by atoms with Gasteiger partial charge in [0.25, 0.3) is 0 Å². The molecule has 1 saturated heterocycles. The Morgan fingerprint density at radius 3 is 3.00 bits per heavy atom. The third kappa shape index (κ3) is 2.73. The van der Waals surface area contributed by atoms with E-state index in [9.17, 15) is 9.50 Å². The Hall–Kier alpha value is -1.72. The van der Waals surface area contributed by atoms with Crippen LogP contribution in [-0.4, -0.2) is 32.4 Å². The van der Waals surface area contributed by atoms with Gasteiger partial charge in [0.05, 0.1) is 12.3 Å². The molecule has 1 aromatic heterocycles. The SMILES string of the molecule is Cn1cc(CN2C[C@@H](O)C[C@H]2c2cccc(F)c2)cn1. The largest absolute Gasteiger partial charge is 0.392 e. The lowest BCUT2D eigenvalue weighted by atomic mass is 10.0. The van der Waals surface area contributed by atoms with Crippen molar-refractivity contribution in [2.24, 2.45) is 7.05 Å². The normalized spacial score (nSPS) is 23.4. The van der Waals surface area contributed by atoms with Crippen molar-refractivity contribution in [3.63, 3.8) is 0 Å². The summed E-state index contributed by atoms with van der Waals surface area (Å²) < 4.78 is 15.1. The molecule has 5 heteroatoms. The molecule has 4 nitrogen and oxygen atoms in total. The zero-order chi connectivity index (χ0) is 14.1. The number of aryl methyl sites for hydroxylation is 1. The van der Waals surface area contributed by atoms with Crippen LogP contribution in [0, 0.1) is 5.82 Å². The summed E-state index contributed by atoms with van der Waals surface area (Å²) >= 11 is 0. The second kappa shape index (κ2) is 5.34. The zero-order valence-corrected chi connectivity index (χ0v) is 11.4. The molecule has 20 heavy (non-hydrogen) atoms. The van der Waals surface area contributed by atoms with Crippen molar-refractivity contribution < 1.29 is 9.50 Å².